The quantitative estimate of drug-likeness (QED) is 0.705. The van der Waals surface area contributed by atoms with Crippen molar-refractivity contribution in [2.75, 3.05) is 18.0 Å². The number of para-hydroxylation sites is 1. The first-order valence-electron chi connectivity index (χ1n) is 7.58. The van der Waals surface area contributed by atoms with E-state index >= 15 is 0 Å². The van der Waals surface area contributed by atoms with Gasteiger partial charge in [0, 0.05) is 24.8 Å². The van der Waals surface area contributed by atoms with Crippen molar-refractivity contribution in [2.45, 2.75) is 13.8 Å². The molecule has 0 saturated carbocycles. The minimum absolute atomic E-state index is 0.0640. The lowest BCUT2D eigenvalue weighted by atomic mass is 9.96. The zero-order valence-electron chi connectivity index (χ0n) is 13.5. The van der Waals surface area contributed by atoms with Crippen LogP contribution in [-0.2, 0) is 0 Å². The number of phenols is 2. The van der Waals surface area contributed by atoms with Gasteiger partial charge in [-0.25, -0.2) is 4.79 Å². The number of carbonyl (C=O) groups excluding carboxylic acids is 1. The highest BCUT2D eigenvalue weighted by Crippen LogP contribution is 2.32. The third kappa shape index (κ3) is 3.17. The fourth-order valence-electron chi connectivity index (χ4n) is 2.59. The molecule has 2 aromatic carbocycles. The van der Waals surface area contributed by atoms with Gasteiger partial charge in [-0.3, -0.25) is 4.79 Å². The van der Waals surface area contributed by atoms with Gasteiger partial charge >= 0.3 is 5.97 Å². The van der Waals surface area contributed by atoms with Gasteiger partial charge in [0.15, 0.2) is 0 Å². The van der Waals surface area contributed by atoms with Crippen molar-refractivity contribution in [1.82, 2.24) is 0 Å². The molecule has 0 amide bonds. The Morgan fingerprint density at radius 3 is 2.12 bits per heavy atom. The molecule has 6 heteroatoms. The lowest BCUT2D eigenvalue weighted by molar-refractivity contribution is 0.0692. The minimum Gasteiger partial charge on any atom is -0.507 e. The molecule has 0 unspecified atom stereocenters. The number of anilines is 1. The summed E-state index contributed by atoms with van der Waals surface area (Å²) < 4.78 is 0. The molecule has 2 aromatic rings. The van der Waals surface area contributed by atoms with E-state index in [0.29, 0.717) is 18.8 Å². The van der Waals surface area contributed by atoms with Crippen LogP contribution in [0.15, 0.2) is 36.4 Å². The van der Waals surface area contributed by atoms with E-state index in [1.807, 2.05) is 18.7 Å². The Bertz CT molecular complexity index is 781. The molecular weight excluding hydrogens is 310 g/mol. The van der Waals surface area contributed by atoms with Gasteiger partial charge in [-0.05, 0) is 32.0 Å². The molecule has 126 valence electrons. The molecule has 6 nitrogen and oxygen atoms in total. The average molecular weight is 329 g/mol. The molecule has 2 rings (SSSR count). The zero-order valence-corrected chi connectivity index (χ0v) is 13.5. The second kappa shape index (κ2) is 7.04. The molecule has 0 aliphatic rings. The number of aromatic hydroxyl groups is 2. The van der Waals surface area contributed by atoms with Gasteiger partial charge in [0.2, 0.25) is 5.78 Å². The van der Waals surface area contributed by atoms with Gasteiger partial charge in [-0.15, -0.1) is 0 Å². The lowest BCUT2D eigenvalue weighted by Gasteiger charge is -2.22. The Labute approximate surface area is 139 Å². The van der Waals surface area contributed by atoms with E-state index in [2.05, 4.69) is 0 Å². The summed E-state index contributed by atoms with van der Waals surface area (Å²) in [7, 11) is 0. The van der Waals surface area contributed by atoms with E-state index in [4.69, 9.17) is 0 Å². The first kappa shape index (κ1) is 17.3. The van der Waals surface area contributed by atoms with Crippen molar-refractivity contribution in [2.24, 2.45) is 0 Å². The van der Waals surface area contributed by atoms with Crippen LogP contribution in [-0.4, -0.2) is 40.2 Å². The fraction of sp³-hybridized carbons (Fsp3) is 0.222. The highest BCUT2D eigenvalue weighted by Gasteiger charge is 2.25. The molecule has 3 N–H and O–H groups in total. The normalized spacial score (nSPS) is 10.4. The van der Waals surface area contributed by atoms with Crippen LogP contribution >= 0.6 is 0 Å². The van der Waals surface area contributed by atoms with E-state index in [1.54, 1.807) is 12.1 Å². The van der Waals surface area contributed by atoms with Crippen LogP contribution in [0.25, 0.3) is 0 Å². The molecule has 0 aliphatic carbocycles. The smallest absolute Gasteiger partial charge is 0.336 e. The first-order chi connectivity index (χ1) is 11.4. The molecule has 0 aromatic heterocycles. The highest BCUT2D eigenvalue weighted by atomic mass is 16.4. The standard InChI is InChI=1S/C18H19NO5/c1-3-19(4-2)11-9-13(18(23)24)16(15(21)10-11)17(22)12-7-5-6-8-14(12)20/h5-10,20-21H,3-4H2,1-2H3,(H,23,24). The van der Waals surface area contributed by atoms with Crippen molar-refractivity contribution in [3.8, 4) is 11.5 Å². The number of rotatable bonds is 6. The average Bonchev–Trinajstić information content (AvgIpc) is 2.55. The third-order valence-corrected chi connectivity index (χ3v) is 3.84. The van der Waals surface area contributed by atoms with E-state index in [-0.39, 0.29) is 22.4 Å². The number of hydrogen-bond acceptors (Lipinski definition) is 5. The van der Waals surface area contributed by atoms with Gasteiger partial charge in [0.1, 0.15) is 11.5 Å². The van der Waals surface area contributed by atoms with Crippen LogP contribution in [0, 0.1) is 0 Å². The van der Waals surface area contributed by atoms with Crippen molar-refractivity contribution in [3.05, 3.63) is 53.1 Å². The number of hydrogen-bond donors (Lipinski definition) is 3. The summed E-state index contributed by atoms with van der Waals surface area (Å²) in [5.41, 5.74) is -0.181. The summed E-state index contributed by atoms with van der Waals surface area (Å²) >= 11 is 0. The second-order valence-corrected chi connectivity index (χ2v) is 5.21. The molecule has 0 aliphatic heterocycles. The zero-order chi connectivity index (χ0) is 17.9. The molecular formula is C18H19NO5. The van der Waals surface area contributed by atoms with E-state index in [9.17, 15) is 24.9 Å². The van der Waals surface area contributed by atoms with Gasteiger partial charge in [-0.1, -0.05) is 12.1 Å². The van der Waals surface area contributed by atoms with Crippen molar-refractivity contribution < 1.29 is 24.9 Å². The molecule has 24 heavy (non-hydrogen) atoms. The Balaban J connectivity index is 2.64. The molecule has 0 heterocycles. The van der Waals surface area contributed by atoms with Crippen LogP contribution in [0.3, 0.4) is 0 Å². The number of ketones is 1. The second-order valence-electron chi connectivity index (χ2n) is 5.21. The number of carboxylic acids is 1. The Morgan fingerprint density at radius 1 is 0.958 bits per heavy atom. The fourth-order valence-corrected chi connectivity index (χ4v) is 2.59. The summed E-state index contributed by atoms with van der Waals surface area (Å²) in [5.74, 6) is -2.76. The van der Waals surface area contributed by atoms with Crippen LogP contribution in [0.5, 0.6) is 11.5 Å². The first-order valence-corrected chi connectivity index (χ1v) is 7.58. The Kier molecular flexibility index (Phi) is 5.08. The molecule has 0 spiro atoms. The maximum Gasteiger partial charge on any atom is 0.336 e. The summed E-state index contributed by atoms with van der Waals surface area (Å²) in [6.45, 7) is 5.06. The molecule has 0 radical (unpaired) electrons. The van der Waals surface area contributed by atoms with E-state index in [0.717, 1.165) is 0 Å². The van der Waals surface area contributed by atoms with E-state index in [1.165, 1.54) is 24.3 Å². The Morgan fingerprint density at radius 2 is 1.58 bits per heavy atom. The van der Waals surface area contributed by atoms with Crippen LogP contribution in [0.1, 0.15) is 40.1 Å². The summed E-state index contributed by atoms with van der Waals surface area (Å²) in [6, 6.07) is 8.53. The molecule has 0 bridgehead atoms. The number of carbonyl (C=O) groups is 2. The van der Waals surface area contributed by atoms with Crippen LogP contribution < -0.4 is 4.90 Å². The summed E-state index contributed by atoms with van der Waals surface area (Å²) in [5, 5.41) is 29.6. The molecule has 0 fully saturated rings. The topological polar surface area (TPSA) is 98.1 Å². The number of benzene rings is 2. The maximum atomic E-state index is 12.6. The number of nitrogens with zero attached hydrogens (tertiary/aromatic N) is 1. The summed E-state index contributed by atoms with van der Waals surface area (Å²) in [6.07, 6.45) is 0. The number of carboxylic acid groups (broad SMARTS) is 1. The van der Waals surface area contributed by atoms with Gasteiger partial charge in [-0.2, -0.15) is 0 Å². The SMILES string of the molecule is CCN(CC)c1cc(O)c(C(=O)c2ccccc2O)c(C(=O)O)c1. The molecule has 0 saturated heterocycles. The van der Waals surface area contributed by atoms with E-state index < -0.39 is 17.5 Å². The highest BCUT2D eigenvalue weighted by molar-refractivity contribution is 6.17. The van der Waals surface area contributed by atoms with Crippen molar-refractivity contribution in [3.63, 3.8) is 0 Å². The number of phenolic OH excluding ortho intramolecular Hbond substituents is 2. The monoisotopic (exact) mass is 329 g/mol. The summed E-state index contributed by atoms with van der Waals surface area (Å²) in [4.78, 5) is 26.1. The van der Waals surface area contributed by atoms with Gasteiger partial charge < -0.3 is 20.2 Å². The third-order valence-electron chi connectivity index (χ3n) is 3.84. The largest absolute Gasteiger partial charge is 0.507 e. The van der Waals surface area contributed by atoms with Crippen molar-refractivity contribution >= 4 is 17.4 Å². The van der Waals surface area contributed by atoms with Crippen LogP contribution in [0.2, 0.25) is 0 Å². The van der Waals surface area contributed by atoms with Crippen molar-refractivity contribution in [1.29, 1.82) is 0 Å². The maximum absolute atomic E-state index is 12.6. The molecule has 0 atom stereocenters. The van der Waals surface area contributed by atoms with Crippen LogP contribution in [0.4, 0.5) is 5.69 Å². The lowest BCUT2D eigenvalue weighted by Crippen LogP contribution is -2.22. The van der Waals surface area contributed by atoms with Gasteiger partial charge in [0.25, 0.3) is 0 Å². The predicted octanol–water partition coefficient (Wildman–Crippen LogP) is 2.87. The number of aromatic carboxylic acids is 1. The van der Waals surface area contributed by atoms with Gasteiger partial charge in [0.05, 0.1) is 16.7 Å². The predicted molar refractivity (Wildman–Crippen MR) is 90.2 cm³/mol. The Hall–Kier alpha value is -3.02. The minimum atomic E-state index is -1.32.